The summed E-state index contributed by atoms with van der Waals surface area (Å²) in [6, 6.07) is 6.29. The predicted molar refractivity (Wildman–Crippen MR) is 98.7 cm³/mol. The number of amides is 1. The van der Waals surface area contributed by atoms with Crippen LogP contribution in [0, 0.1) is 5.92 Å². The number of hydrogen-bond acceptors (Lipinski definition) is 4. The summed E-state index contributed by atoms with van der Waals surface area (Å²) in [6.45, 7) is 8.35. The Kier molecular flexibility index (Phi) is 8.05. The number of carbonyl (C=O) groups is 1. The van der Waals surface area contributed by atoms with Gasteiger partial charge in [-0.25, -0.2) is 12.7 Å². The van der Waals surface area contributed by atoms with Crippen LogP contribution >= 0.6 is 0 Å². The Bertz CT molecular complexity index is 654. The highest BCUT2D eigenvalue weighted by molar-refractivity contribution is 7.89. The fourth-order valence-corrected chi connectivity index (χ4v) is 3.01. The third kappa shape index (κ3) is 6.41. The second kappa shape index (κ2) is 9.31. The number of rotatable bonds is 9. The summed E-state index contributed by atoms with van der Waals surface area (Å²) < 4.78 is 30.9. The number of nitrogens with zero attached hydrogens (tertiary/aromatic N) is 1. The van der Waals surface area contributed by atoms with Gasteiger partial charge in [0.05, 0.1) is 10.9 Å². The SMILES string of the molecule is CC(C)CCO[C@@H](C)C(=O)N[C@H](C)c1ccc(S(=O)(=O)N(C)C)cc1. The van der Waals surface area contributed by atoms with Gasteiger partial charge in [0.25, 0.3) is 0 Å². The summed E-state index contributed by atoms with van der Waals surface area (Å²) in [6.07, 6.45) is 0.393. The molecule has 0 unspecified atom stereocenters. The number of benzene rings is 1. The molecule has 1 N–H and O–H groups in total. The van der Waals surface area contributed by atoms with Crippen molar-refractivity contribution in [3.8, 4) is 0 Å². The van der Waals surface area contributed by atoms with E-state index in [1.165, 1.54) is 18.4 Å². The van der Waals surface area contributed by atoms with E-state index in [1.54, 1.807) is 31.2 Å². The second-order valence-corrected chi connectivity index (χ2v) is 8.93. The maximum atomic E-state index is 12.2. The lowest BCUT2D eigenvalue weighted by atomic mass is 10.1. The van der Waals surface area contributed by atoms with Crippen LogP contribution in [0.5, 0.6) is 0 Å². The van der Waals surface area contributed by atoms with Gasteiger partial charge >= 0.3 is 0 Å². The van der Waals surface area contributed by atoms with Gasteiger partial charge in [-0.2, -0.15) is 0 Å². The topological polar surface area (TPSA) is 75.7 Å². The Labute approximate surface area is 151 Å². The van der Waals surface area contributed by atoms with Gasteiger partial charge in [-0.3, -0.25) is 4.79 Å². The average Bonchev–Trinajstić information content (AvgIpc) is 2.54. The molecule has 0 aliphatic rings. The second-order valence-electron chi connectivity index (χ2n) is 6.78. The molecule has 0 bridgehead atoms. The minimum Gasteiger partial charge on any atom is -0.369 e. The lowest BCUT2D eigenvalue weighted by molar-refractivity contribution is -0.132. The van der Waals surface area contributed by atoms with Crippen LogP contribution in [0.4, 0.5) is 0 Å². The highest BCUT2D eigenvalue weighted by Gasteiger charge is 2.19. The highest BCUT2D eigenvalue weighted by Crippen LogP contribution is 2.18. The molecule has 0 aliphatic heterocycles. The zero-order valence-corrected chi connectivity index (χ0v) is 16.8. The molecule has 142 valence electrons. The number of carbonyl (C=O) groups excluding carboxylic acids is 1. The van der Waals surface area contributed by atoms with E-state index < -0.39 is 16.1 Å². The molecule has 1 aromatic rings. The first-order chi connectivity index (χ1) is 11.6. The Morgan fingerprint density at radius 2 is 1.68 bits per heavy atom. The van der Waals surface area contributed by atoms with E-state index in [1.807, 2.05) is 6.92 Å². The fourth-order valence-electron chi connectivity index (χ4n) is 2.11. The van der Waals surface area contributed by atoms with E-state index in [9.17, 15) is 13.2 Å². The zero-order chi connectivity index (χ0) is 19.2. The molecule has 1 amide bonds. The van der Waals surface area contributed by atoms with Crippen molar-refractivity contribution >= 4 is 15.9 Å². The molecule has 0 heterocycles. The summed E-state index contributed by atoms with van der Waals surface area (Å²) in [5.41, 5.74) is 0.834. The standard InChI is InChI=1S/C18H30N2O4S/c1-13(2)11-12-24-15(4)18(21)19-14(3)16-7-9-17(10-8-16)25(22,23)20(5)6/h7-10,13-15H,11-12H2,1-6H3,(H,19,21)/t14-,15+/m1/s1. The van der Waals surface area contributed by atoms with Gasteiger partial charge in [0.2, 0.25) is 15.9 Å². The van der Waals surface area contributed by atoms with Crippen LogP contribution in [0.3, 0.4) is 0 Å². The van der Waals surface area contributed by atoms with Crippen LogP contribution < -0.4 is 5.32 Å². The maximum absolute atomic E-state index is 12.2. The van der Waals surface area contributed by atoms with Crippen LogP contribution in [0.25, 0.3) is 0 Å². The normalized spacial score (nSPS) is 14.6. The molecule has 0 saturated heterocycles. The first-order valence-corrected chi connectivity index (χ1v) is 9.94. The minimum atomic E-state index is -3.45. The summed E-state index contributed by atoms with van der Waals surface area (Å²) in [4.78, 5) is 12.4. The highest BCUT2D eigenvalue weighted by atomic mass is 32.2. The van der Waals surface area contributed by atoms with Gasteiger partial charge in [-0.15, -0.1) is 0 Å². The molecule has 0 aromatic heterocycles. The smallest absolute Gasteiger partial charge is 0.249 e. The van der Waals surface area contributed by atoms with Crippen molar-refractivity contribution in [1.29, 1.82) is 0 Å². The average molecular weight is 371 g/mol. The lowest BCUT2D eigenvalue weighted by Crippen LogP contribution is -2.36. The number of ether oxygens (including phenoxy) is 1. The third-order valence-electron chi connectivity index (χ3n) is 3.95. The Hall–Kier alpha value is -1.44. The molecule has 2 atom stereocenters. The van der Waals surface area contributed by atoms with E-state index in [0.717, 1.165) is 12.0 Å². The first kappa shape index (κ1) is 21.6. The zero-order valence-electron chi connectivity index (χ0n) is 15.9. The van der Waals surface area contributed by atoms with Crippen LogP contribution in [0.2, 0.25) is 0 Å². The van der Waals surface area contributed by atoms with E-state index >= 15 is 0 Å². The predicted octanol–water partition coefficient (Wildman–Crippen LogP) is 2.57. The molecule has 0 spiro atoms. The first-order valence-electron chi connectivity index (χ1n) is 8.50. The van der Waals surface area contributed by atoms with Gasteiger partial charge in [-0.05, 0) is 43.9 Å². The molecule has 25 heavy (non-hydrogen) atoms. The van der Waals surface area contributed by atoms with Gasteiger partial charge < -0.3 is 10.1 Å². The third-order valence-corrected chi connectivity index (χ3v) is 5.78. The Balaban J connectivity index is 2.65. The molecule has 0 fully saturated rings. The summed E-state index contributed by atoms with van der Waals surface area (Å²) in [7, 11) is -0.462. The van der Waals surface area contributed by atoms with E-state index in [0.29, 0.717) is 12.5 Å². The van der Waals surface area contributed by atoms with E-state index in [2.05, 4.69) is 19.2 Å². The van der Waals surface area contributed by atoms with Crippen molar-refractivity contribution < 1.29 is 17.9 Å². The summed E-state index contributed by atoms with van der Waals surface area (Å²) >= 11 is 0. The molecule has 0 radical (unpaired) electrons. The molecule has 0 saturated carbocycles. The molecule has 0 aliphatic carbocycles. The quantitative estimate of drug-likeness (QED) is 0.725. The number of nitrogens with one attached hydrogen (secondary N) is 1. The molecular formula is C18H30N2O4S. The van der Waals surface area contributed by atoms with Crippen molar-refractivity contribution in [1.82, 2.24) is 9.62 Å². The number of hydrogen-bond donors (Lipinski definition) is 1. The van der Waals surface area contributed by atoms with Crippen molar-refractivity contribution in [3.05, 3.63) is 29.8 Å². The molecule has 1 rings (SSSR count). The van der Waals surface area contributed by atoms with Crippen LogP contribution in [-0.4, -0.2) is 45.4 Å². The molecular weight excluding hydrogens is 340 g/mol. The van der Waals surface area contributed by atoms with Gasteiger partial charge in [-0.1, -0.05) is 26.0 Å². The van der Waals surface area contributed by atoms with Crippen molar-refractivity contribution in [2.45, 2.75) is 51.2 Å². The van der Waals surface area contributed by atoms with Crippen LogP contribution in [0.15, 0.2) is 29.2 Å². The van der Waals surface area contributed by atoms with Crippen LogP contribution in [0.1, 0.15) is 45.7 Å². The number of sulfonamides is 1. The monoisotopic (exact) mass is 370 g/mol. The Morgan fingerprint density at radius 1 is 1.12 bits per heavy atom. The van der Waals surface area contributed by atoms with Crippen molar-refractivity contribution in [2.75, 3.05) is 20.7 Å². The fraction of sp³-hybridized carbons (Fsp3) is 0.611. The minimum absolute atomic E-state index is 0.179. The largest absolute Gasteiger partial charge is 0.369 e. The van der Waals surface area contributed by atoms with Crippen molar-refractivity contribution in [3.63, 3.8) is 0 Å². The maximum Gasteiger partial charge on any atom is 0.249 e. The van der Waals surface area contributed by atoms with E-state index in [4.69, 9.17) is 4.74 Å². The molecule has 6 nitrogen and oxygen atoms in total. The van der Waals surface area contributed by atoms with Crippen LogP contribution in [-0.2, 0) is 19.6 Å². The van der Waals surface area contributed by atoms with E-state index in [-0.39, 0.29) is 16.8 Å². The van der Waals surface area contributed by atoms with Gasteiger partial charge in [0, 0.05) is 20.7 Å². The van der Waals surface area contributed by atoms with Gasteiger partial charge in [0.15, 0.2) is 0 Å². The molecule has 1 aromatic carbocycles. The summed E-state index contributed by atoms with van der Waals surface area (Å²) in [5.74, 6) is 0.354. The van der Waals surface area contributed by atoms with Crippen molar-refractivity contribution in [2.24, 2.45) is 5.92 Å². The molecule has 7 heteroatoms. The Morgan fingerprint density at radius 3 is 2.16 bits per heavy atom. The summed E-state index contributed by atoms with van der Waals surface area (Å²) in [5, 5.41) is 2.89. The van der Waals surface area contributed by atoms with Gasteiger partial charge in [0.1, 0.15) is 6.10 Å². The lowest BCUT2D eigenvalue weighted by Gasteiger charge is -2.19.